The summed E-state index contributed by atoms with van der Waals surface area (Å²) in [7, 11) is 3.32. The van der Waals surface area contributed by atoms with Gasteiger partial charge in [0.25, 0.3) is 11.1 Å². The highest BCUT2D eigenvalue weighted by molar-refractivity contribution is 8.18. The van der Waals surface area contributed by atoms with E-state index in [4.69, 9.17) is 26.2 Å². The molecule has 57 heavy (non-hydrogen) atoms. The van der Waals surface area contributed by atoms with E-state index in [1.807, 2.05) is 13.8 Å². The molecule has 2 amide bonds. The molecule has 2 saturated heterocycles. The van der Waals surface area contributed by atoms with E-state index in [9.17, 15) is 34.2 Å². The average Bonchev–Trinajstić information content (AvgIpc) is 3.65. The van der Waals surface area contributed by atoms with Gasteiger partial charge in [0.2, 0.25) is 5.91 Å². The molecule has 2 aliphatic rings. The van der Waals surface area contributed by atoms with Gasteiger partial charge in [-0.15, -0.1) is 0 Å². The van der Waals surface area contributed by atoms with Crippen molar-refractivity contribution in [1.29, 1.82) is 0 Å². The summed E-state index contributed by atoms with van der Waals surface area (Å²) in [6, 6.07) is 22.1. The van der Waals surface area contributed by atoms with Gasteiger partial charge in [0.15, 0.2) is 33.3 Å². The Morgan fingerprint density at radius 1 is 0.772 bits per heavy atom. The third-order valence-electron chi connectivity index (χ3n) is 7.65. The topological polar surface area (TPSA) is 196 Å². The number of thioether (sulfide) groups is 2. The lowest BCUT2D eigenvalue weighted by Gasteiger charge is -2.07. The number of phenolic OH excluding ortho intramolecular Hbond substituents is 2. The van der Waals surface area contributed by atoms with Crippen LogP contribution in [0.5, 0.6) is 23.0 Å². The molecular formula is C40H37ClN4O10S2. The van der Waals surface area contributed by atoms with E-state index in [1.165, 1.54) is 69.7 Å². The van der Waals surface area contributed by atoms with Gasteiger partial charge in [-0.25, -0.2) is 14.8 Å². The summed E-state index contributed by atoms with van der Waals surface area (Å²) in [5.41, 5.74) is 3.07. The molecule has 6 rings (SSSR count). The molecular weight excluding hydrogens is 796 g/mol. The number of hydrogen-bond donors (Lipinski definition) is 3. The molecule has 2 fully saturated rings. The van der Waals surface area contributed by atoms with Crippen molar-refractivity contribution < 1.29 is 48.8 Å². The van der Waals surface area contributed by atoms with Crippen LogP contribution < -0.4 is 9.47 Å². The molecule has 14 nitrogen and oxygen atoms in total. The van der Waals surface area contributed by atoms with E-state index in [-0.39, 0.29) is 28.9 Å². The van der Waals surface area contributed by atoms with Crippen LogP contribution in [0, 0.1) is 0 Å². The van der Waals surface area contributed by atoms with Crippen molar-refractivity contribution in [2.75, 3.05) is 33.1 Å². The number of likely N-dealkylation sites (N-methyl/N-ethyl adjacent to an activating group) is 1. The molecule has 0 aromatic heterocycles. The Morgan fingerprint density at radius 2 is 1.28 bits per heavy atom. The van der Waals surface area contributed by atoms with Crippen molar-refractivity contribution in [1.82, 2.24) is 9.80 Å². The zero-order valence-corrected chi connectivity index (χ0v) is 33.4. The number of phenols is 2. The number of amides is 2. The molecule has 2 aliphatic heterocycles. The van der Waals surface area contributed by atoms with E-state index in [1.54, 1.807) is 68.7 Å². The molecule has 0 spiro atoms. The predicted octanol–water partition coefficient (Wildman–Crippen LogP) is 7.58. The van der Waals surface area contributed by atoms with Crippen molar-refractivity contribution in [2.24, 2.45) is 9.98 Å². The summed E-state index contributed by atoms with van der Waals surface area (Å²) in [5, 5.41) is 28.4. The number of rotatable bonds is 10. The summed E-state index contributed by atoms with van der Waals surface area (Å²) in [6.07, 6.45) is 2.44. The number of amidine groups is 2. The number of ether oxygens (including phenoxy) is 2. The molecule has 4 aromatic rings. The fourth-order valence-electron chi connectivity index (χ4n) is 4.67. The molecule has 3 N–H and O–H groups in total. The fourth-order valence-corrected chi connectivity index (χ4v) is 6.69. The van der Waals surface area contributed by atoms with Gasteiger partial charge in [0, 0.05) is 25.2 Å². The minimum Gasteiger partial charge on any atom is -0.504 e. The molecule has 4 aromatic carbocycles. The van der Waals surface area contributed by atoms with E-state index in [2.05, 4.69) is 9.98 Å². The van der Waals surface area contributed by atoms with E-state index >= 15 is 0 Å². The van der Waals surface area contributed by atoms with Crippen molar-refractivity contribution in [3.05, 3.63) is 112 Å². The van der Waals surface area contributed by atoms with E-state index in [0.717, 1.165) is 5.56 Å². The van der Waals surface area contributed by atoms with Crippen LogP contribution in [0.25, 0.3) is 6.08 Å². The van der Waals surface area contributed by atoms with Crippen LogP contribution >= 0.6 is 35.1 Å². The van der Waals surface area contributed by atoms with Crippen LogP contribution in [0.4, 0.5) is 11.4 Å². The minimum absolute atomic E-state index is 0.0240. The maximum Gasteiger partial charge on any atom is 0.335 e. The number of carboxylic acids is 1. The van der Waals surface area contributed by atoms with Crippen molar-refractivity contribution in [2.45, 2.75) is 13.8 Å². The second-order valence-corrected chi connectivity index (χ2v) is 13.9. The molecule has 296 valence electrons. The van der Waals surface area contributed by atoms with Crippen LogP contribution in [0.1, 0.15) is 50.5 Å². The van der Waals surface area contributed by atoms with Crippen LogP contribution in [-0.4, -0.2) is 97.8 Å². The zero-order valence-electron chi connectivity index (χ0n) is 31.0. The Hall–Kier alpha value is -6.10. The standard InChI is InChI=1S/C20H17ClN2O4S.C11H10N2O3S.C9H10O3/c1-3-27-16-10-12(4-9-15(16)24)11-17-19(26)23(2)20(28-17)22-14-7-5-13(6-8-14)18(21)25;1-13-9(14)6-17-11(13)12-8-4-2-7(3-5-8)10(15)16;1-2-12-9-5-7(6-10)3-4-8(9)11/h4-11,24H,3H2,1-2H3;2-5H,6H2,1H3,(H,15,16);3-6,11H,2H2,1H3/b17-11+,22-20?;;. The summed E-state index contributed by atoms with van der Waals surface area (Å²) < 4.78 is 10.4. The molecule has 0 aliphatic carbocycles. The Morgan fingerprint density at radius 3 is 1.75 bits per heavy atom. The monoisotopic (exact) mass is 832 g/mol. The summed E-state index contributed by atoms with van der Waals surface area (Å²) in [5.74, 6) is 0.105. The molecule has 17 heteroatoms. The lowest BCUT2D eigenvalue weighted by atomic mass is 10.2. The van der Waals surface area contributed by atoms with Crippen LogP contribution in [0.15, 0.2) is 99.8 Å². The number of aliphatic imine (C=N–C) groups is 2. The quantitative estimate of drug-likeness (QED) is 0.0806. The van der Waals surface area contributed by atoms with Crippen molar-refractivity contribution in [3.63, 3.8) is 0 Å². The number of halogens is 1. The summed E-state index contributed by atoms with van der Waals surface area (Å²) in [4.78, 5) is 68.2. The lowest BCUT2D eigenvalue weighted by molar-refractivity contribution is -0.123. The number of carbonyl (C=O) groups is 5. The first-order valence-electron chi connectivity index (χ1n) is 17.0. The molecule has 0 saturated carbocycles. The van der Waals surface area contributed by atoms with E-state index in [0.29, 0.717) is 74.5 Å². The van der Waals surface area contributed by atoms with Crippen molar-refractivity contribution in [3.8, 4) is 23.0 Å². The van der Waals surface area contributed by atoms with Gasteiger partial charge in [-0.2, -0.15) is 0 Å². The largest absolute Gasteiger partial charge is 0.504 e. The fraction of sp³-hybridized carbons (Fsp3) is 0.175. The number of carbonyl (C=O) groups excluding carboxylic acids is 4. The van der Waals surface area contributed by atoms with Crippen molar-refractivity contribution >= 4 is 92.2 Å². The van der Waals surface area contributed by atoms with Gasteiger partial charge in [0.1, 0.15) is 6.29 Å². The number of aromatic hydroxyl groups is 2. The number of aldehydes is 1. The van der Waals surface area contributed by atoms with Gasteiger partial charge in [-0.3, -0.25) is 29.0 Å². The Kier molecular flexibility index (Phi) is 15.9. The van der Waals surface area contributed by atoms with Crippen LogP contribution in [-0.2, 0) is 9.59 Å². The van der Waals surface area contributed by atoms with Crippen LogP contribution in [0.3, 0.4) is 0 Å². The first-order chi connectivity index (χ1) is 27.2. The highest BCUT2D eigenvalue weighted by Crippen LogP contribution is 2.35. The highest BCUT2D eigenvalue weighted by atomic mass is 35.5. The zero-order chi connectivity index (χ0) is 41.6. The van der Waals surface area contributed by atoms with Gasteiger partial charge < -0.3 is 24.8 Å². The Balaban J connectivity index is 0.000000210. The average molecular weight is 833 g/mol. The number of hydrogen-bond acceptors (Lipinski definition) is 13. The molecule has 2 heterocycles. The molecule has 0 unspecified atom stereocenters. The summed E-state index contributed by atoms with van der Waals surface area (Å²) >= 11 is 8.06. The first-order valence-corrected chi connectivity index (χ1v) is 19.2. The Labute approximate surface area is 341 Å². The first kappa shape index (κ1) is 43.6. The predicted molar refractivity (Wildman–Crippen MR) is 222 cm³/mol. The molecule has 0 radical (unpaired) electrons. The lowest BCUT2D eigenvalue weighted by Crippen LogP contribution is -2.24. The number of aromatic carboxylic acids is 1. The SMILES string of the molecule is CCOc1cc(/C=C2/SC(=Nc3ccc(C(=O)Cl)cc3)N(C)C2=O)ccc1O.CCOc1cc(C=O)ccc1O.CN1C(=O)CSC1=Nc1ccc(C(=O)O)cc1. The third-order valence-corrected chi connectivity index (χ3v) is 9.94. The second-order valence-electron chi connectivity index (χ2n) is 11.6. The molecule has 0 atom stereocenters. The van der Waals surface area contributed by atoms with Gasteiger partial charge in [0.05, 0.1) is 40.8 Å². The number of carboxylic acid groups (broad SMARTS) is 1. The number of nitrogens with zero attached hydrogens (tertiary/aromatic N) is 4. The third kappa shape index (κ3) is 12.2. The minimum atomic E-state index is -0.966. The maximum atomic E-state index is 12.5. The Bertz CT molecular complexity index is 2230. The van der Waals surface area contributed by atoms with Gasteiger partial charge in [-0.05, 0) is 128 Å². The van der Waals surface area contributed by atoms with Crippen LogP contribution in [0.2, 0.25) is 0 Å². The maximum absolute atomic E-state index is 12.5. The van der Waals surface area contributed by atoms with E-state index < -0.39 is 11.2 Å². The second kappa shape index (κ2) is 20.7. The molecule has 0 bridgehead atoms. The van der Waals surface area contributed by atoms with Gasteiger partial charge in [-0.1, -0.05) is 17.8 Å². The smallest absolute Gasteiger partial charge is 0.335 e. The van der Waals surface area contributed by atoms with Gasteiger partial charge >= 0.3 is 5.97 Å². The number of benzene rings is 4. The summed E-state index contributed by atoms with van der Waals surface area (Å²) in [6.45, 7) is 4.53. The normalized spacial score (nSPS) is 15.6. The highest BCUT2D eigenvalue weighted by Gasteiger charge is 2.30.